The molecule has 3 aromatic rings. The van der Waals surface area contributed by atoms with Crippen molar-refractivity contribution in [3.8, 4) is 11.1 Å². The van der Waals surface area contributed by atoms with Crippen molar-refractivity contribution in [2.45, 2.75) is 6.04 Å². The van der Waals surface area contributed by atoms with Crippen molar-refractivity contribution in [3.05, 3.63) is 89.7 Å². The van der Waals surface area contributed by atoms with Gasteiger partial charge < -0.3 is 5.32 Å². The van der Waals surface area contributed by atoms with Crippen LogP contribution in [0, 0.1) is 5.82 Å². The topological polar surface area (TPSA) is 12.0 Å². The summed E-state index contributed by atoms with van der Waals surface area (Å²) in [6.07, 6.45) is 0. The minimum Gasteiger partial charge on any atom is -0.374 e. The van der Waals surface area contributed by atoms with Gasteiger partial charge in [0.05, 0.1) is 6.04 Å². The van der Waals surface area contributed by atoms with E-state index >= 15 is 0 Å². The highest BCUT2D eigenvalue weighted by Gasteiger charge is 2.27. The summed E-state index contributed by atoms with van der Waals surface area (Å²) in [5.41, 5.74) is 6.00. The molecule has 4 rings (SSSR count). The Labute approximate surface area is 123 Å². The van der Waals surface area contributed by atoms with Crippen molar-refractivity contribution in [1.82, 2.24) is 0 Å². The van der Waals surface area contributed by atoms with Gasteiger partial charge in [-0.25, -0.2) is 4.39 Å². The SMILES string of the molecule is Fc1ccc(NC2c3ccccc3-c3ccccc32)cc1. The van der Waals surface area contributed by atoms with Crippen LogP contribution in [0.15, 0.2) is 72.8 Å². The minimum absolute atomic E-state index is 0.114. The first-order valence-electron chi connectivity index (χ1n) is 7.03. The van der Waals surface area contributed by atoms with Crippen molar-refractivity contribution in [2.24, 2.45) is 0 Å². The van der Waals surface area contributed by atoms with Crippen molar-refractivity contribution >= 4 is 5.69 Å². The number of hydrogen-bond donors (Lipinski definition) is 1. The van der Waals surface area contributed by atoms with Crippen LogP contribution in [0.2, 0.25) is 0 Å². The Kier molecular flexibility index (Phi) is 2.74. The van der Waals surface area contributed by atoms with E-state index in [1.807, 2.05) is 0 Å². The van der Waals surface area contributed by atoms with Gasteiger partial charge in [0.25, 0.3) is 0 Å². The first-order chi connectivity index (χ1) is 10.3. The van der Waals surface area contributed by atoms with Gasteiger partial charge in [-0.3, -0.25) is 0 Å². The van der Waals surface area contributed by atoms with Gasteiger partial charge in [-0.05, 0) is 46.5 Å². The molecule has 0 aromatic heterocycles. The Morgan fingerprint density at radius 1 is 0.667 bits per heavy atom. The fraction of sp³-hybridized carbons (Fsp3) is 0.0526. The van der Waals surface area contributed by atoms with Gasteiger partial charge in [-0.2, -0.15) is 0 Å². The second kappa shape index (κ2) is 4.74. The summed E-state index contributed by atoms with van der Waals surface area (Å²) in [4.78, 5) is 0. The lowest BCUT2D eigenvalue weighted by molar-refractivity contribution is 0.628. The van der Waals surface area contributed by atoms with E-state index in [-0.39, 0.29) is 11.9 Å². The molecule has 1 nitrogen and oxygen atoms in total. The summed E-state index contributed by atoms with van der Waals surface area (Å²) in [6.45, 7) is 0. The average Bonchev–Trinajstić information content (AvgIpc) is 2.85. The fourth-order valence-corrected chi connectivity index (χ4v) is 3.02. The van der Waals surface area contributed by atoms with Crippen molar-refractivity contribution in [1.29, 1.82) is 0 Å². The smallest absolute Gasteiger partial charge is 0.123 e. The molecular weight excluding hydrogens is 261 g/mol. The van der Waals surface area contributed by atoms with E-state index in [2.05, 4.69) is 53.8 Å². The van der Waals surface area contributed by atoms with Crippen LogP contribution >= 0.6 is 0 Å². The van der Waals surface area contributed by atoms with Gasteiger partial charge in [0.1, 0.15) is 5.82 Å². The summed E-state index contributed by atoms with van der Waals surface area (Å²) >= 11 is 0. The fourth-order valence-electron chi connectivity index (χ4n) is 3.02. The van der Waals surface area contributed by atoms with Crippen LogP contribution in [0.25, 0.3) is 11.1 Å². The van der Waals surface area contributed by atoms with E-state index < -0.39 is 0 Å². The molecule has 2 heteroatoms. The number of fused-ring (bicyclic) bond motifs is 3. The van der Waals surface area contributed by atoms with Crippen LogP contribution in [-0.2, 0) is 0 Å². The third-order valence-electron chi connectivity index (χ3n) is 3.99. The summed E-state index contributed by atoms with van der Waals surface area (Å²) in [5.74, 6) is -0.215. The third kappa shape index (κ3) is 2.00. The summed E-state index contributed by atoms with van der Waals surface area (Å²) < 4.78 is 13.1. The van der Waals surface area contributed by atoms with E-state index in [9.17, 15) is 4.39 Å². The second-order valence-corrected chi connectivity index (χ2v) is 5.26. The molecule has 0 saturated carbocycles. The van der Waals surface area contributed by atoms with Crippen LogP contribution in [0.4, 0.5) is 10.1 Å². The van der Waals surface area contributed by atoms with E-state index in [1.165, 1.54) is 34.4 Å². The average molecular weight is 275 g/mol. The third-order valence-corrected chi connectivity index (χ3v) is 3.99. The molecule has 0 heterocycles. The molecule has 21 heavy (non-hydrogen) atoms. The van der Waals surface area contributed by atoms with Crippen molar-refractivity contribution in [3.63, 3.8) is 0 Å². The zero-order valence-corrected chi connectivity index (χ0v) is 11.4. The maximum absolute atomic E-state index is 13.1. The monoisotopic (exact) mass is 275 g/mol. The van der Waals surface area contributed by atoms with E-state index in [0.717, 1.165) is 5.69 Å². The van der Waals surface area contributed by atoms with E-state index in [0.29, 0.717) is 0 Å². The molecular formula is C19H14FN. The van der Waals surface area contributed by atoms with Gasteiger partial charge >= 0.3 is 0 Å². The zero-order valence-electron chi connectivity index (χ0n) is 11.4. The first kappa shape index (κ1) is 12.2. The molecule has 0 amide bonds. The van der Waals surface area contributed by atoms with E-state index in [1.54, 1.807) is 12.1 Å². The Hall–Kier alpha value is -2.61. The largest absolute Gasteiger partial charge is 0.374 e. The van der Waals surface area contributed by atoms with Crippen LogP contribution in [0.5, 0.6) is 0 Å². The van der Waals surface area contributed by atoms with Gasteiger partial charge in [-0.15, -0.1) is 0 Å². The highest BCUT2D eigenvalue weighted by molar-refractivity contribution is 5.80. The second-order valence-electron chi connectivity index (χ2n) is 5.26. The van der Waals surface area contributed by atoms with Crippen molar-refractivity contribution < 1.29 is 4.39 Å². The predicted octanol–water partition coefficient (Wildman–Crippen LogP) is 5.01. The normalized spacial score (nSPS) is 12.8. The van der Waals surface area contributed by atoms with Crippen LogP contribution in [0.1, 0.15) is 17.2 Å². The van der Waals surface area contributed by atoms with Crippen LogP contribution in [-0.4, -0.2) is 0 Å². The molecule has 0 saturated heterocycles. The van der Waals surface area contributed by atoms with Gasteiger partial charge in [-0.1, -0.05) is 48.5 Å². The molecule has 1 aliphatic rings. The summed E-state index contributed by atoms with van der Waals surface area (Å²) in [7, 11) is 0. The summed E-state index contributed by atoms with van der Waals surface area (Å²) in [6, 6.07) is 23.5. The first-order valence-corrected chi connectivity index (χ1v) is 7.03. The number of hydrogen-bond acceptors (Lipinski definition) is 1. The lowest BCUT2D eigenvalue weighted by Crippen LogP contribution is -2.09. The molecule has 1 aliphatic carbocycles. The number of benzene rings is 3. The van der Waals surface area contributed by atoms with Crippen molar-refractivity contribution in [2.75, 3.05) is 5.32 Å². The highest BCUT2D eigenvalue weighted by Crippen LogP contribution is 2.44. The molecule has 0 atom stereocenters. The zero-order chi connectivity index (χ0) is 14.2. The van der Waals surface area contributed by atoms with Gasteiger partial charge in [0, 0.05) is 5.69 Å². The number of halogens is 1. The molecule has 0 fully saturated rings. The number of nitrogens with one attached hydrogen (secondary N) is 1. The van der Waals surface area contributed by atoms with Gasteiger partial charge in [0.15, 0.2) is 0 Å². The number of anilines is 1. The van der Waals surface area contributed by atoms with Gasteiger partial charge in [0.2, 0.25) is 0 Å². The van der Waals surface area contributed by atoms with Crippen LogP contribution in [0.3, 0.4) is 0 Å². The molecule has 102 valence electrons. The number of rotatable bonds is 2. The molecule has 0 radical (unpaired) electrons. The van der Waals surface area contributed by atoms with E-state index in [4.69, 9.17) is 0 Å². The molecule has 0 bridgehead atoms. The Morgan fingerprint density at radius 3 is 1.76 bits per heavy atom. The Morgan fingerprint density at radius 2 is 1.19 bits per heavy atom. The Balaban J connectivity index is 1.79. The molecule has 1 N–H and O–H groups in total. The molecule has 0 unspecified atom stereocenters. The maximum Gasteiger partial charge on any atom is 0.123 e. The van der Waals surface area contributed by atoms with Crippen LogP contribution < -0.4 is 5.32 Å². The molecule has 0 spiro atoms. The highest BCUT2D eigenvalue weighted by atomic mass is 19.1. The minimum atomic E-state index is -0.215. The molecule has 3 aromatic carbocycles. The lowest BCUT2D eigenvalue weighted by atomic mass is 10.1. The maximum atomic E-state index is 13.1. The summed E-state index contributed by atoms with van der Waals surface area (Å²) in [5, 5.41) is 3.51. The quantitative estimate of drug-likeness (QED) is 0.693. The Bertz CT molecular complexity index is 747. The standard InChI is InChI=1S/C19H14FN/c20-13-9-11-14(12-10-13)21-19-17-7-3-1-5-15(17)16-6-2-4-8-18(16)19/h1-12,19,21H. The molecule has 0 aliphatic heterocycles. The lowest BCUT2D eigenvalue weighted by Gasteiger charge is -2.17. The predicted molar refractivity (Wildman–Crippen MR) is 83.7 cm³/mol.